The summed E-state index contributed by atoms with van der Waals surface area (Å²) in [7, 11) is 0. The third-order valence-electron chi connectivity index (χ3n) is 1.47. The molecule has 0 aliphatic heterocycles. The molecule has 0 unspecified atom stereocenters. The minimum Gasteiger partial charge on any atom is -0.384 e. The van der Waals surface area contributed by atoms with Crippen LogP contribution < -0.4 is 5.32 Å². The summed E-state index contributed by atoms with van der Waals surface area (Å²) in [6.07, 6.45) is 7.62. The Morgan fingerprint density at radius 3 is 2.38 bits per heavy atom. The van der Waals surface area contributed by atoms with Crippen LogP contribution in [0.4, 0.5) is 0 Å². The zero-order chi connectivity index (χ0) is 12.8. The highest BCUT2D eigenvalue weighted by atomic mass is 14.9. The minimum atomic E-state index is 0.514. The summed E-state index contributed by atoms with van der Waals surface area (Å²) in [6, 6.07) is 2.08. The molecule has 90 valence electrons. The van der Waals surface area contributed by atoms with E-state index in [0.29, 0.717) is 13.0 Å². The van der Waals surface area contributed by atoms with Crippen molar-refractivity contribution in [2.45, 2.75) is 40.5 Å². The lowest BCUT2D eigenvalue weighted by Gasteiger charge is -2.07. The Balaban J connectivity index is 0. The van der Waals surface area contributed by atoms with Gasteiger partial charge in [-0.15, -0.1) is 0 Å². The SMILES string of the molecule is C=C(C)/C(=C\C=C/C)NCCC#N.CCC. The second-order valence-corrected chi connectivity index (χ2v) is 3.43. The fourth-order valence-electron chi connectivity index (χ4n) is 0.798. The Morgan fingerprint density at radius 2 is 2.00 bits per heavy atom. The van der Waals surface area contributed by atoms with Crippen LogP contribution in [0.5, 0.6) is 0 Å². The smallest absolute Gasteiger partial charge is 0.0640 e. The molecule has 0 fully saturated rings. The van der Waals surface area contributed by atoms with E-state index in [-0.39, 0.29) is 0 Å². The van der Waals surface area contributed by atoms with Crippen LogP contribution in [-0.2, 0) is 0 Å². The van der Waals surface area contributed by atoms with Crippen molar-refractivity contribution in [3.63, 3.8) is 0 Å². The number of nitrogens with zero attached hydrogens (tertiary/aromatic N) is 1. The van der Waals surface area contributed by atoms with Crippen molar-refractivity contribution in [1.82, 2.24) is 5.32 Å². The number of hydrogen-bond donors (Lipinski definition) is 1. The van der Waals surface area contributed by atoms with Crippen molar-refractivity contribution in [1.29, 1.82) is 5.26 Å². The van der Waals surface area contributed by atoms with Crippen LogP contribution >= 0.6 is 0 Å². The molecule has 0 aliphatic carbocycles. The van der Waals surface area contributed by atoms with Gasteiger partial charge in [0.15, 0.2) is 0 Å². The predicted octanol–water partition coefficient (Wildman–Crippen LogP) is 3.94. The Hall–Kier alpha value is -1.49. The molecule has 0 atom stereocenters. The first-order valence-corrected chi connectivity index (χ1v) is 5.73. The van der Waals surface area contributed by atoms with E-state index in [1.807, 2.05) is 32.1 Å². The fraction of sp³-hybridized carbons (Fsp3) is 0.500. The molecule has 0 aliphatic rings. The standard InChI is InChI=1S/C11H16N2.C3H8/c1-4-5-7-11(10(2)3)13-9-6-8-12;1-3-2/h4-5,7,13H,2,6,9H2,1,3H3;3H2,1-2H3/b5-4-,11-7+;. The first-order chi connectivity index (χ1) is 7.63. The summed E-state index contributed by atoms with van der Waals surface area (Å²) in [5.41, 5.74) is 1.98. The molecule has 0 heterocycles. The van der Waals surface area contributed by atoms with Gasteiger partial charge in [0.05, 0.1) is 12.5 Å². The zero-order valence-electron chi connectivity index (χ0n) is 11.0. The van der Waals surface area contributed by atoms with Gasteiger partial charge in [0.1, 0.15) is 0 Å². The van der Waals surface area contributed by atoms with E-state index in [1.54, 1.807) is 0 Å². The van der Waals surface area contributed by atoms with Crippen molar-refractivity contribution in [3.8, 4) is 6.07 Å². The van der Waals surface area contributed by atoms with E-state index in [9.17, 15) is 0 Å². The molecule has 0 bridgehead atoms. The molecular formula is C14H24N2. The van der Waals surface area contributed by atoms with Crippen molar-refractivity contribution in [2.75, 3.05) is 6.54 Å². The van der Waals surface area contributed by atoms with Gasteiger partial charge in [0.25, 0.3) is 0 Å². The van der Waals surface area contributed by atoms with Crippen LogP contribution in [0.15, 0.2) is 36.1 Å². The number of nitrogens with one attached hydrogen (secondary N) is 1. The highest BCUT2D eigenvalue weighted by molar-refractivity contribution is 5.28. The molecular weight excluding hydrogens is 196 g/mol. The number of allylic oxidation sites excluding steroid dienone is 4. The lowest BCUT2D eigenvalue weighted by atomic mass is 10.2. The van der Waals surface area contributed by atoms with Gasteiger partial charge < -0.3 is 5.32 Å². The molecule has 0 saturated heterocycles. The monoisotopic (exact) mass is 220 g/mol. The number of rotatable bonds is 5. The van der Waals surface area contributed by atoms with Crippen LogP contribution in [-0.4, -0.2) is 6.54 Å². The summed E-state index contributed by atoms with van der Waals surface area (Å²) < 4.78 is 0. The van der Waals surface area contributed by atoms with Crippen molar-refractivity contribution < 1.29 is 0 Å². The highest BCUT2D eigenvalue weighted by Crippen LogP contribution is 2.02. The average Bonchev–Trinajstić information content (AvgIpc) is 2.24. The van der Waals surface area contributed by atoms with Crippen LogP contribution in [0.2, 0.25) is 0 Å². The van der Waals surface area contributed by atoms with Crippen molar-refractivity contribution in [3.05, 3.63) is 36.1 Å². The summed E-state index contributed by atoms with van der Waals surface area (Å²) in [4.78, 5) is 0. The molecule has 0 saturated carbocycles. The largest absolute Gasteiger partial charge is 0.384 e. The molecule has 0 aromatic heterocycles. The predicted molar refractivity (Wildman–Crippen MR) is 71.9 cm³/mol. The van der Waals surface area contributed by atoms with Gasteiger partial charge in [0, 0.05) is 12.2 Å². The molecule has 2 nitrogen and oxygen atoms in total. The summed E-state index contributed by atoms with van der Waals surface area (Å²) >= 11 is 0. The van der Waals surface area contributed by atoms with Gasteiger partial charge in [-0.1, -0.05) is 39.0 Å². The minimum absolute atomic E-state index is 0.514. The van der Waals surface area contributed by atoms with Crippen LogP contribution in [0.3, 0.4) is 0 Å². The van der Waals surface area contributed by atoms with E-state index in [4.69, 9.17) is 5.26 Å². The average molecular weight is 220 g/mol. The molecule has 0 aromatic rings. The second-order valence-electron chi connectivity index (χ2n) is 3.43. The molecule has 0 spiro atoms. The van der Waals surface area contributed by atoms with E-state index in [0.717, 1.165) is 11.3 Å². The molecule has 16 heavy (non-hydrogen) atoms. The van der Waals surface area contributed by atoms with Crippen molar-refractivity contribution in [2.24, 2.45) is 0 Å². The van der Waals surface area contributed by atoms with E-state index < -0.39 is 0 Å². The van der Waals surface area contributed by atoms with E-state index >= 15 is 0 Å². The first-order valence-electron chi connectivity index (χ1n) is 5.73. The van der Waals surface area contributed by atoms with Gasteiger partial charge >= 0.3 is 0 Å². The lowest BCUT2D eigenvalue weighted by Crippen LogP contribution is -2.14. The molecule has 0 aromatic carbocycles. The molecule has 1 N–H and O–H groups in total. The Kier molecular flexibility index (Phi) is 14.3. The maximum Gasteiger partial charge on any atom is 0.0640 e. The van der Waals surface area contributed by atoms with Gasteiger partial charge in [0.2, 0.25) is 0 Å². The van der Waals surface area contributed by atoms with Crippen LogP contribution in [0.1, 0.15) is 40.5 Å². The second kappa shape index (κ2) is 13.5. The Morgan fingerprint density at radius 1 is 1.44 bits per heavy atom. The first kappa shape index (κ1) is 16.9. The highest BCUT2D eigenvalue weighted by Gasteiger charge is 1.94. The van der Waals surface area contributed by atoms with Gasteiger partial charge in [-0.3, -0.25) is 0 Å². The molecule has 0 amide bonds. The van der Waals surface area contributed by atoms with E-state index in [1.165, 1.54) is 6.42 Å². The Labute approximate surface area is 100 Å². The maximum atomic E-state index is 8.35. The normalized spacial score (nSPS) is 10.3. The van der Waals surface area contributed by atoms with Crippen molar-refractivity contribution >= 4 is 0 Å². The summed E-state index contributed by atoms with van der Waals surface area (Å²) in [5.74, 6) is 0. The zero-order valence-corrected chi connectivity index (χ0v) is 11.0. The molecule has 0 rings (SSSR count). The third kappa shape index (κ3) is 12.5. The summed E-state index contributed by atoms with van der Waals surface area (Å²) in [5, 5.41) is 11.5. The number of hydrogen-bond acceptors (Lipinski definition) is 2. The maximum absolute atomic E-state index is 8.35. The van der Waals surface area contributed by atoms with Gasteiger partial charge in [-0.05, 0) is 25.5 Å². The Bertz CT molecular complexity index is 267. The third-order valence-corrected chi connectivity index (χ3v) is 1.47. The van der Waals surface area contributed by atoms with Gasteiger partial charge in [-0.25, -0.2) is 0 Å². The van der Waals surface area contributed by atoms with Crippen LogP contribution in [0, 0.1) is 11.3 Å². The van der Waals surface area contributed by atoms with Crippen LogP contribution in [0.25, 0.3) is 0 Å². The topological polar surface area (TPSA) is 35.8 Å². The number of nitriles is 1. The van der Waals surface area contributed by atoms with E-state index in [2.05, 4.69) is 31.8 Å². The summed E-state index contributed by atoms with van der Waals surface area (Å²) in [6.45, 7) is 12.7. The fourth-order valence-corrected chi connectivity index (χ4v) is 0.798. The molecule has 0 radical (unpaired) electrons. The quantitative estimate of drug-likeness (QED) is 0.562. The molecule has 2 heteroatoms. The lowest BCUT2D eigenvalue weighted by molar-refractivity contribution is 0.816. The van der Waals surface area contributed by atoms with Gasteiger partial charge in [-0.2, -0.15) is 5.26 Å².